The van der Waals surface area contributed by atoms with Crippen LogP contribution in [0.15, 0.2) is 22.7 Å². The second-order valence-corrected chi connectivity index (χ2v) is 6.22. The molecule has 0 aliphatic carbocycles. The number of rotatable bonds is 7. The Morgan fingerprint density at radius 1 is 1.35 bits per heavy atom. The number of ether oxygens (including phenoxy) is 1. The molecule has 1 aromatic heterocycles. The minimum atomic E-state index is 0.826. The number of halogens is 1. The first-order valence-corrected chi connectivity index (χ1v) is 8.22. The van der Waals surface area contributed by atoms with Crippen LogP contribution in [0.25, 0.3) is 10.6 Å². The third-order valence-corrected chi connectivity index (χ3v) is 4.57. The lowest BCUT2D eigenvalue weighted by atomic mass is 10.2. The molecular weight excluding hydrogens is 338 g/mol. The number of nitrogens with one attached hydrogen (secondary N) is 1. The Labute approximate surface area is 131 Å². The van der Waals surface area contributed by atoms with E-state index in [0.717, 1.165) is 51.7 Å². The first-order chi connectivity index (χ1) is 9.74. The molecule has 0 aliphatic heterocycles. The Kier molecular flexibility index (Phi) is 5.94. The number of benzene rings is 1. The summed E-state index contributed by atoms with van der Waals surface area (Å²) >= 11 is 5.19. The second kappa shape index (κ2) is 7.71. The molecular formula is C14H18BrN3OS. The molecule has 1 aromatic carbocycles. The SMILES string of the molecule is CCNCCCc1nnc(-c2cc(OC)ccc2Br)s1. The van der Waals surface area contributed by atoms with Gasteiger partial charge in [-0.2, -0.15) is 0 Å². The molecule has 4 nitrogen and oxygen atoms in total. The molecule has 1 N–H and O–H groups in total. The van der Waals surface area contributed by atoms with E-state index in [1.54, 1.807) is 18.4 Å². The van der Waals surface area contributed by atoms with E-state index in [0.29, 0.717) is 0 Å². The smallest absolute Gasteiger partial charge is 0.149 e. The van der Waals surface area contributed by atoms with Gasteiger partial charge >= 0.3 is 0 Å². The maximum absolute atomic E-state index is 5.26. The summed E-state index contributed by atoms with van der Waals surface area (Å²) in [7, 11) is 1.67. The summed E-state index contributed by atoms with van der Waals surface area (Å²) in [6, 6.07) is 5.87. The summed E-state index contributed by atoms with van der Waals surface area (Å²) in [4.78, 5) is 0. The molecule has 2 rings (SSSR count). The number of hydrogen-bond acceptors (Lipinski definition) is 5. The molecule has 108 valence electrons. The van der Waals surface area contributed by atoms with Gasteiger partial charge in [0.2, 0.25) is 0 Å². The van der Waals surface area contributed by atoms with Gasteiger partial charge in [0.15, 0.2) is 0 Å². The van der Waals surface area contributed by atoms with Crippen molar-refractivity contribution in [3.63, 3.8) is 0 Å². The van der Waals surface area contributed by atoms with Crippen molar-refractivity contribution in [2.45, 2.75) is 19.8 Å². The molecule has 1 heterocycles. The van der Waals surface area contributed by atoms with Crippen LogP contribution >= 0.6 is 27.3 Å². The highest BCUT2D eigenvalue weighted by Gasteiger charge is 2.11. The van der Waals surface area contributed by atoms with E-state index < -0.39 is 0 Å². The zero-order valence-electron chi connectivity index (χ0n) is 11.6. The molecule has 0 atom stereocenters. The van der Waals surface area contributed by atoms with E-state index in [-0.39, 0.29) is 0 Å². The Morgan fingerprint density at radius 2 is 2.20 bits per heavy atom. The van der Waals surface area contributed by atoms with Crippen molar-refractivity contribution in [1.29, 1.82) is 0 Å². The van der Waals surface area contributed by atoms with Crippen LogP contribution in [0, 0.1) is 0 Å². The molecule has 0 spiro atoms. The van der Waals surface area contributed by atoms with E-state index in [2.05, 4.69) is 38.4 Å². The van der Waals surface area contributed by atoms with Crippen LogP contribution in [0.3, 0.4) is 0 Å². The third kappa shape index (κ3) is 4.01. The number of hydrogen-bond donors (Lipinski definition) is 1. The standard InChI is InChI=1S/C14H18BrN3OS/c1-3-16-8-4-5-13-17-18-14(20-13)11-9-10(19-2)6-7-12(11)15/h6-7,9,16H,3-5,8H2,1-2H3. The van der Waals surface area contributed by atoms with Crippen molar-refractivity contribution >= 4 is 27.3 Å². The van der Waals surface area contributed by atoms with Crippen LogP contribution in [0.1, 0.15) is 18.4 Å². The van der Waals surface area contributed by atoms with Gasteiger partial charge in [0.1, 0.15) is 15.8 Å². The number of aromatic nitrogens is 2. The van der Waals surface area contributed by atoms with Gasteiger partial charge in [-0.25, -0.2) is 0 Å². The molecule has 0 fully saturated rings. The lowest BCUT2D eigenvalue weighted by molar-refractivity contribution is 0.415. The van der Waals surface area contributed by atoms with Crippen LogP contribution in [-0.4, -0.2) is 30.4 Å². The highest BCUT2D eigenvalue weighted by molar-refractivity contribution is 9.10. The second-order valence-electron chi connectivity index (χ2n) is 4.30. The van der Waals surface area contributed by atoms with E-state index >= 15 is 0 Å². The fourth-order valence-electron chi connectivity index (χ4n) is 1.80. The fourth-order valence-corrected chi connectivity index (χ4v) is 3.28. The molecule has 0 saturated carbocycles. The van der Waals surface area contributed by atoms with Crippen molar-refractivity contribution in [2.24, 2.45) is 0 Å². The van der Waals surface area contributed by atoms with E-state index in [1.165, 1.54) is 0 Å². The van der Waals surface area contributed by atoms with E-state index in [4.69, 9.17) is 4.74 Å². The average Bonchev–Trinajstić information content (AvgIpc) is 2.93. The van der Waals surface area contributed by atoms with Crippen LogP contribution in [0.4, 0.5) is 0 Å². The topological polar surface area (TPSA) is 47.0 Å². The maximum atomic E-state index is 5.26. The van der Waals surface area contributed by atoms with Gasteiger partial charge in [0.25, 0.3) is 0 Å². The summed E-state index contributed by atoms with van der Waals surface area (Å²) < 4.78 is 6.27. The number of methoxy groups -OCH3 is 1. The van der Waals surface area contributed by atoms with E-state index in [1.807, 2.05) is 18.2 Å². The average molecular weight is 356 g/mol. The highest BCUT2D eigenvalue weighted by Crippen LogP contribution is 2.33. The van der Waals surface area contributed by atoms with Crippen molar-refractivity contribution in [1.82, 2.24) is 15.5 Å². The molecule has 0 bridgehead atoms. The molecule has 0 amide bonds. The van der Waals surface area contributed by atoms with Gasteiger partial charge in [-0.1, -0.05) is 34.2 Å². The van der Waals surface area contributed by atoms with Crippen molar-refractivity contribution in [3.8, 4) is 16.3 Å². The first kappa shape index (κ1) is 15.4. The predicted molar refractivity (Wildman–Crippen MR) is 86.5 cm³/mol. The van der Waals surface area contributed by atoms with Crippen LogP contribution in [0.5, 0.6) is 5.75 Å². The van der Waals surface area contributed by atoms with E-state index in [9.17, 15) is 0 Å². The largest absolute Gasteiger partial charge is 0.497 e. The highest BCUT2D eigenvalue weighted by atomic mass is 79.9. The summed E-state index contributed by atoms with van der Waals surface area (Å²) in [6.45, 7) is 4.15. The normalized spacial score (nSPS) is 10.8. The number of nitrogens with zero attached hydrogens (tertiary/aromatic N) is 2. The molecule has 2 aromatic rings. The Morgan fingerprint density at radius 3 is 2.95 bits per heavy atom. The molecule has 20 heavy (non-hydrogen) atoms. The monoisotopic (exact) mass is 355 g/mol. The minimum Gasteiger partial charge on any atom is -0.497 e. The Bertz CT molecular complexity index is 559. The molecule has 0 aliphatic rings. The fraction of sp³-hybridized carbons (Fsp3) is 0.429. The molecule has 0 unspecified atom stereocenters. The lowest BCUT2D eigenvalue weighted by Crippen LogP contribution is -2.14. The number of aryl methyl sites for hydroxylation is 1. The maximum Gasteiger partial charge on any atom is 0.149 e. The predicted octanol–water partition coefficient (Wildman–Crippen LogP) is 3.52. The third-order valence-electron chi connectivity index (χ3n) is 2.86. The van der Waals surface area contributed by atoms with Crippen LogP contribution in [-0.2, 0) is 6.42 Å². The summed E-state index contributed by atoms with van der Waals surface area (Å²) in [5.41, 5.74) is 1.03. The Balaban J connectivity index is 2.08. The van der Waals surface area contributed by atoms with Gasteiger partial charge in [0.05, 0.1) is 7.11 Å². The first-order valence-electron chi connectivity index (χ1n) is 6.61. The van der Waals surface area contributed by atoms with Gasteiger partial charge in [0, 0.05) is 16.5 Å². The Hall–Kier alpha value is -0.980. The lowest BCUT2D eigenvalue weighted by Gasteiger charge is -2.03. The molecule has 0 saturated heterocycles. The van der Waals surface area contributed by atoms with Gasteiger partial charge in [-0.3, -0.25) is 0 Å². The molecule has 0 radical (unpaired) electrons. The van der Waals surface area contributed by atoms with Crippen molar-refractivity contribution in [3.05, 3.63) is 27.7 Å². The zero-order valence-corrected chi connectivity index (χ0v) is 14.1. The quantitative estimate of drug-likeness (QED) is 0.771. The molecule has 6 heteroatoms. The van der Waals surface area contributed by atoms with Gasteiger partial charge < -0.3 is 10.1 Å². The minimum absolute atomic E-state index is 0.826. The van der Waals surface area contributed by atoms with Gasteiger partial charge in [-0.05, 0) is 37.7 Å². The zero-order chi connectivity index (χ0) is 14.4. The van der Waals surface area contributed by atoms with Gasteiger partial charge in [-0.15, -0.1) is 10.2 Å². The summed E-state index contributed by atoms with van der Waals surface area (Å²) in [5, 5.41) is 13.9. The van der Waals surface area contributed by atoms with Crippen molar-refractivity contribution in [2.75, 3.05) is 20.2 Å². The van der Waals surface area contributed by atoms with Crippen molar-refractivity contribution < 1.29 is 4.74 Å². The van der Waals surface area contributed by atoms with Crippen LogP contribution in [0.2, 0.25) is 0 Å². The summed E-state index contributed by atoms with van der Waals surface area (Å²) in [5.74, 6) is 0.826. The van der Waals surface area contributed by atoms with Crippen LogP contribution < -0.4 is 10.1 Å². The summed E-state index contributed by atoms with van der Waals surface area (Å²) in [6.07, 6.45) is 2.05.